The Morgan fingerprint density at radius 2 is 2.30 bits per heavy atom. The molecule has 1 aromatic rings. The number of hydrogen-bond donors (Lipinski definition) is 1. The Bertz CT molecular complexity index is 435. The van der Waals surface area contributed by atoms with E-state index in [1.165, 1.54) is 16.2 Å². The number of nitrogens with zero attached hydrogens (tertiary/aromatic N) is 1. The predicted molar refractivity (Wildman–Crippen MR) is 85.0 cm³/mol. The van der Waals surface area contributed by atoms with Crippen LogP contribution < -0.4 is 5.32 Å². The van der Waals surface area contributed by atoms with Crippen LogP contribution in [0.25, 0.3) is 0 Å². The molecular formula is C16H26N2OS. The summed E-state index contributed by atoms with van der Waals surface area (Å²) in [6.07, 6.45) is 2.94. The van der Waals surface area contributed by atoms with E-state index < -0.39 is 0 Å². The summed E-state index contributed by atoms with van der Waals surface area (Å²) in [4.78, 5) is 17.1. The van der Waals surface area contributed by atoms with E-state index in [1.54, 1.807) is 11.3 Å². The molecule has 1 saturated heterocycles. The highest BCUT2D eigenvalue weighted by Gasteiger charge is 2.21. The molecule has 1 aliphatic heterocycles. The van der Waals surface area contributed by atoms with E-state index >= 15 is 0 Å². The van der Waals surface area contributed by atoms with Crippen molar-refractivity contribution in [3.05, 3.63) is 21.9 Å². The van der Waals surface area contributed by atoms with Crippen LogP contribution in [0.2, 0.25) is 0 Å². The summed E-state index contributed by atoms with van der Waals surface area (Å²) >= 11 is 1.79. The molecule has 1 amide bonds. The molecule has 0 saturated carbocycles. The molecule has 0 aliphatic carbocycles. The Labute approximate surface area is 126 Å². The van der Waals surface area contributed by atoms with Gasteiger partial charge in [-0.1, -0.05) is 0 Å². The first-order valence-electron chi connectivity index (χ1n) is 7.61. The fourth-order valence-corrected chi connectivity index (χ4v) is 3.62. The third-order valence-electron chi connectivity index (χ3n) is 3.99. The number of carbonyl (C=O) groups is 1. The van der Waals surface area contributed by atoms with Crippen LogP contribution in [0.15, 0.2) is 12.1 Å². The highest BCUT2D eigenvalue weighted by molar-refractivity contribution is 7.11. The predicted octanol–water partition coefficient (Wildman–Crippen LogP) is 3.18. The first-order chi connectivity index (χ1) is 9.56. The maximum absolute atomic E-state index is 12.5. The van der Waals surface area contributed by atoms with Crippen molar-refractivity contribution in [2.75, 3.05) is 13.1 Å². The third-order valence-corrected chi connectivity index (χ3v) is 4.98. The number of nitrogens with one attached hydrogen (secondary N) is 1. The van der Waals surface area contributed by atoms with Gasteiger partial charge < -0.3 is 10.2 Å². The number of aryl methyl sites for hydroxylation is 1. The maximum Gasteiger partial charge on any atom is 0.223 e. The van der Waals surface area contributed by atoms with Crippen molar-refractivity contribution in [2.45, 2.75) is 52.6 Å². The molecule has 1 atom stereocenters. The lowest BCUT2D eigenvalue weighted by Gasteiger charge is -2.27. The van der Waals surface area contributed by atoms with Crippen molar-refractivity contribution < 1.29 is 4.79 Å². The van der Waals surface area contributed by atoms with Crippen LogP contribution in [0.1, 0.15) is 42.9 Å². The second-order valence-electron chi connectivity index (χ2n) is 6.03. The second-order valence-corrected chi connectivity index (χ2v) is 7.40. The average molecular weight is 294 g/mol. The van der Waals surface area contributed by atoms with Crippen LogP contribution in [0.3, 0.4) is 0 Å². The lowest BCUT2D eigenvalue weighted by Crippen LogP contribution is -2.36. The summed E-state index contributed by atoms with van der Waals surface area (Å²) in [5.41, 5.74) is 0. The van der Waals surface area contributed by atoms with Gasteiger partial charge in [0.1, 0.15) is 0 Å². The second kappa shape index (κ2) is 7.23. The van der Waals surface area contributed by atoms with Gasteiger partial charge in [-0.15, -0.1) is 11.3 Å². The van der Waals surface area contributed by atoms with Crippen LogP contribution >= 0.6 is 11.3 Å². The zero-order valence-corrected chi connectivity index (χ0v) is 13.6. The molecular weight excluding hydrogens is 268 g/mol. The Hall–Kier alpha value is -0.870. The topological polar surface area (TPSA) is 32.3 Å². The van der Waals surface area contributed by atoms with E-state index in [0.29, 0.717) is 18.2 Å². The molecule has 0 aromatic carbocycles. The molecule has 1 aliphatic rings. The van der Waals surface area contributed by atoms with Crippen LogP contribution in [0.5, 0.6) is 0 Å². The minimum Gasteiger partial charge on any atom is -0.335 e. The van der Waals surface area contributed by atoms with Gasteiger partial charge in [0.15, 0.2) is 0 Å². The summed E-state index contributed by atoms with van der Waals surface area (Å²) in [5, 5.41) is 3.37. The van der Waals surface area contributed by atoms with Gasteiger partial charge in [-0.3, -0.25) is 4.79 Å². The summed E-state index contributed by atoms with van der Waals surface area (Å²) in [6.45, 7) is 9.28. The normalized spacial score (nSPS) is 18.7. The molecule has 2 rings (SSSR count). The molecule has 1 N–H and O–H groups in total. The van der Waals surface area contributed by atoms with Gasteiger partial charge in [0.2, 0.25) is 5.91 Å². The van der Waals surface area contributed by atoms with Gasteiger partial charge in [0.05, 0.1) is 6.54 Å². The highest BCUT2D eigenvalue weighted by Crippen LogP contribution is 2.20. The number of thiophene rings is 1. The van der Waals surface area contributed by atoms with Crippen LogP contribution in [-0.2, 0) is 11.3 Å². The van der Waals surface area contributed by atoms with Gasteiger partial charge in [-0.25, -0.2) is 0 Å². The zero-order valence-electron chi connectivity index (χ0n) is 12.8. The molecule has 20 heavy (non-hydrogen) atoms. The number of hydrogen-bond acceptors (Lipinski definition) is 3. The summed E-state index contributed by atoms with van der Waals surface area (Å²) in [5.74, 6) is 0.995. The Morgan fingerprint density at radius 1 is 1.50 bits per heavy atom. The van der Waals surface area contributed by atoms with Crippen molar-refractivity contribution in [3.63, 3.8) is 0 Å². The molecule has 1 fully saturated rings. The van der Waals surface area contributed by atoms with Gasteiger partial charge >= 0.3 is 0 Å². The first kappa shape index (κ1) is 15.5. The van der Waals surface area contributed by atoms with E-state index in [-0.39, 0.29) is 6.04 Å². The van der Waals surface area contributed by atoms with Crippen molar-refractivity contribution in [1.82, 2.24) is 10.2 Å². The third kappa shape index (κ3) is 4.32. The number of amides is 1. The molecule has 3 nitrogen and oxygen atoms in total. The monoisotopic (exact) mass is 294 g/mol. The largest absolute Gasteiger partial charge is 0.335 e. The fourth-order valence-electron chi connectivity index (χ4n) is 2.73. The minimum atomic E-state index is 0.270. The maximum atomic E-state index is 12.5. The quantitative estimate of drug-likeness (QED) is 0.874. The van der Waals surface area contributed by atoms with Crippen LogP contribution in [0.4, 0.5) is 0 Å². The molecule has 2 heterocycles. The summed E-state index contributed by atoms with van der Waals surface area (Å²) in [6, 6.07) is 4.54. The Morgan fingerprint density at radius 3 is 2.85 bits per heavy atom. The molecule has 1 aromatic heterocycles. The molecule has 1 unspecified atom stereocenters. The van der Waals surface area contributed by atoms with Gasteiger partial charge in [0, 0.05) is 22.2 Å². The molecule has 4 heteroatoms. The van der Waals surface area contributed by atoms with E-state index in [4.69, 9.17) is 0 Å². The average Bonchev–Trinajstić information content (AvgIpc) is 3.04. The Kier molecular flexibility index (Phi) is 5.61. The highest BCUT2D eigenvalue weighted by atomic mass is 32.1. The lowest BCUT2D eigenvalue weighted by molar-refractivity contribution is -0.133. The van der Waals surface area contributed by atoms with Crippen molar-refractivity contribution in [1.29, 1.82) is 0 Å². The lowest BCUT2D eigenvalue weighted by atomic mass is 10.0. The van der Waals surface area contributed by atoms with Crippen LogP contribution in [-0.4, -0.2) is 29.9 Å². The van der Waals surface area contributed by atoms with Gasteiger partial charge in [0.25, 0.3) is 0 Å². The number of rotatable bonds is 6. The van der Waals surface area contributed by atoms with E-state index in [1.807, 2.05) is 4.90 Å². The number of carbonyl (C=O) groups excluding carboxylic acids is 1. The summed E-state index contributed by atoms with van der Waals surface area (Å²) < 4.78 is 0. The van der Waals surface area contributed by atoms with Crippen molar-refractivity contribution in [3.8, 4) is 0 Å². The summed E-state index contributed by atoms with van der Waals surface area (Å²) in [7, 11) is 0. The minimum absolute atomic E-state index is 0.270. The van der Waals surface area contributed by atoms with E-state index in [0.717, 1.165) is 26.1 Å². The molecule has 0 radical (unpaired) electrons. The molecule has 0 bridgehead atoms. The fraction of sp³-hybridized carbons (Fsp3) is 0.688. The SMILES string of the molecule is Cc1ccc(CN(C(=O)CCC2CCNC2)C(C)C)s1. The van der Waals surface area contributed by atoms with E-state index in [2.05, 4.69) is 38.2 Å². The standard InChI is InChI=1S/C16H26N2OS/c1-12(2)18(11-15-6-4-13(3)20-15)16(19)7-5-14-8-9-17-10-14/h4,6,12,14,17H,5,7-11H2,1-3H3. The van der Waals surface area contributed by atoms with Gasteiger partial charge in [-0.2, -0.15) is 0 Å². The molecule has 0 spiro atoms. The molecule has 112 valence electrons. The smallest absolute Gasteiger partial charge is 0.223 e. The van der Waals surface area contributed by atoms with Gasteiger partial charge in [-0.05, 0) is 64.8 Å². The Balaban J connectivity index is 1.88. The van der Waals surface area contributed by atoms with Crippen LogP contribution in [0, 0.1) is 12.8 Å². The first-order valence-corrected chi connectivity index (χ1v) is 8.43. The van der Waals surface area contributed by atoms with Crippen molar-refractivity contribution in [2.24, 2.45) is 5.92 Å². The van der Waals surface area contributed by atoms with Crippen molar-refractivity contribution >= 4 is 17.2 Å². The van der Waals surface area contributed by atoms with E-state index in [9.17, 15) is 4.79 Å². The zero-order chi connectivity index (χ0) is 14.5.